The maximum Gasteiger partial charge on any atom is 0.515 e. The first-order valence-corrected chi connectivity index (χ1v) is 4.93. The van der Waals surface area contributed by atoms with E-state index in [1.807, 2.05) is 0 Å². The van der Waals surface area contributed by atoms with Crippen LogP contribution >= 0.6 is 11.6 Å². The molecule has 0 aromatic heterocycles. The molecular weight excluding hydrogens is 234 g/mol. The van der Waals surface area contributed by atoms with Gasteiger partial charge in [0.15, 0.2) is 6.07 Å². The van der Waals surface area contributed by atoms with Gasteiger partial charge >= 0.3 is 6.16 Å². The second-order valence-corrected chi connectivity index (χ2v) is 3.03. The van der Waals surface area contributed by atoms with E-state index in [1.54, 1.807) is 12.1 Å². The first kappa shape index (κ1) is 12.3. The molecule has 0 atom stereocenters. The minimum absolute atomic E-state index is 0.171. The molecule has 1 aromatic rings. The van der Waals surface area contributed by atoms with Crippen LogP contribution in [-0.4, -0.2) is 18.1 Å². The SMILES string of the molecule is CC(=O)Nc1ccc(OC(=O)OCCl)cc1. The Morgan fingerprint density at radius 3 is 2.44 bits per heavy atom. The molecule has 0 spiro atoms. The number of rotatable bonds is 3. The summed E-state index contributed by atoms with van der Waals surface area (Å²) in [5.41, 5.74) is 0.616. The molecule has 0 aliphatic carbocycles. The topological polar surface area (TPSA) is 64.6 Å². The Labute approximate surface area is 97.3 Å². The zero-order valence-electron chi connectivity index (χ0n) is 8.53. The van der Waals surface area contributed by atoms with Crippen molar-refractivity contribution in [3.05, 3.63) is 24.3 Å². The number of carbonyl (C=O) groups excluding carboxylic acids is 2. The molecule has 0 heterocycles. The predicted octanol–water partition coefficient (Wildman–Crippen LogP) is 2.36. The van der Waals surface area contributed by atoms with Crippen molar-refractivity contribution in [2.45, 2.75) is 6.92 Å². The summed E-state index contributed by atoms with van der Waals surface area (Å²) < 4.78 is 9.13. The van der Waals surface area contributed by atoms with Crippen LogP contribution in [0.15, 0.2) is 24.3 Å². The fourth-order valence-corrected chi connectivity index (χ4v) is 1.07. The van der Waals surface area contributed by atoms with E-state index in [1.165, 1.54) is 19.1 Å². The van der Waals surface area contributed by atoms with Crippen LogP contribution in [0.2, 0.25) is 0 Å². The summed E-state index contributed by atoms with van der Waals surface area (Å²) in [4.78, 5) is 21.6. The third-order valence-corrected chi connectivity index (χ3v) is 1.66. The first-order valence-electron chi connectivity index (χ1n) is 4.40. The van der Waals surface area contributed by atoms with Gasteiger partial charge in [-0.05, 0) is 24.3 Å². The van der Waals surface area contributed by atoms with E-state index in [9.17, 15) is 9.59 Å². The molecule has 0 aliphatic heterocycles. The minimum Gasteiger partial charge on any atom is -0.418 e. The van der Waals surface area contributed by atoms with Gasteiger partial charge in [0.2, 0.25) is 5.91 Å². The van der Waals surface area contributed by atoms with Crippen LogP contribution in [0.5, 0.6) is 5.75 Å². The lowest BCUT2D eigenvalue weighted by Crippen LogP contribution is -2.09. The number of halogens is 1. The van der Waals surface area contributed by atoms with Crippen molar-refractivity contribution in [2.24, 2.45) is 0 Å². The summed E-state index contributed by atoms with van der Waals surface area (Å²) in [6.07, 6.45) is -0.873. The number of nitrogens with one attached hydrogen (secondary N) is 1. The molecule has 5 nitrogen and oxygen atoms in total. The zero-order chi connectivity index (χ0) is 12.0. The van der Waals surface area contributed by atoms with E-state index in [-0.39, 0.29) is 12.0 Å². The van der Waals surface area contributed by atoms with Crippen molar-refractivity contribution < 1.29 is 19.1 Å². The number of alkyl halides is 1. The number of benzene rings is 1. The number of anilines is 1. The molecule has 0 fully saturated rings. The highest BCUT2D eigenvalue weighted by atomic mass is 35.5. The molecule has 86 valence electrons. The van der Waals surface area contributed by atoms with Gasteiger partial charge in [-0.15, -0.1) is 0 Å². The largest absolute Gasteiger partial charge is 0.515 e. The van der Waals surface area contributed by atoms with Gasteiger partial charge in [0.05, 0.1) is 0 Å². The molecule has 0 saturated heterocycles. The molecule has 0 unspecified atom stereocenters. The normalized spacial score (nSPS) is 9.38. The number of hydrogen-bond acceptors (Lipinski definition) is 4. The van der Waals surface area contributed by atoms with E-state index in [2.05, 4.69) is 10.1 Å². The van der Waals surface area contributed by atoms with Crippen molar-refractivity contribution in [3.63, 3.8) is 0 Å². The van der Waals surface area contributed by atoms with Gasteiger partial charge in [0.1, 0.15) is 5.75 Å². The first-order chi connectivity index (χ1) is 7.61. The van der Waals surface area contributed by atoms with Gasteiger partial charge in [-0.2, -0.15) is 0 Å². The number of carbonyl (C=O) groups is 2. The molecule has 1 N–H and O–H groups in total. The van der Waals surface area contributed by atoms with Crippen molar-refractivity contribution in [3.8, 4) is 5.75 Å². The Morgan fingerprint density at radius 1 is 1.31 bits per heavy atom. The summed E-state index contributed by atoms with van der Waals surface area (Å²) in [7, 11) is 0. The van der Waals surface area contributed by atoms with Crippen LogP contribution in [0.4, 0.5) is 10.5 Å². The lowest BCUT2D eigenvalue weighted by atomic mass is 10.3. The fraction of sp³-hybridized carbons (Fsp3) is 0.200. The highest BCUT2D eigenvalue weighted by Crippen LogP contribution is 2.16. The Bertz CT molecular complexity index is 377. The molecule has 1 amide bonds. The standard InChI is InChI=1S/C10H10ClNO4/c1-7(13)12-8-2-4-9(5-3-8)16-10(14)15-6-11/h2-5H,6H2,1H3,(H,12,13). The van der Waals surface area contributed by atoms with Crippen molar-refractivity contribution in [1.29, 1.82) is 0 Å². The molecule has 0 saturated carbocycles. The third-order valence-electron chi connectivity index (χ3n) is 1.55. The molecule has 0 aliphatic rings. The monoisotopic (exact) mass is 243 g/mol. The summed E-state index contributed by atoms with van der Waals surface area (Å²) in [6.45, 7) is 1.41. The van der Waals surface area contributed by atoms with E-state index in [0.717, 1.165) is 0 Å². The average Bonchev–Trinajstić information content (AvgIpc) is 2.20. The van der Waals surface area contributed by atoms with Crippen molar-refractivity contribution in [2.75, 3.05) is 11.4 Å². The fourth-order valence-electron chi connectivity index (χ4n) is 0.980. The average molecular weight is 244 g/mol. The minimum atomic E-state index is -0.873. The van der Waals surface area contributed by atoms with Gasteiger partial charge in [0.25, 0.3) is 0 Å². The summed E-state index contributed by atoms with van der Waals surface area (Å²) in [6, 6.07) is 6.00. The quantitative estimate of drug-likeness (QED) is 0.503. The van der Waals surface area contributed by atoms with Crippen molar-refractivity contribution in [1.82, 2.24) is 0 Å². The zero-order valence-corrected chi connectivity index (χ0v) is 9.28. The smallest absolute Gasteiger partial charge is 0.418 e. The summed E-state index contributed by atoms with van der Waals surface area (Å²) >= 11 is 5.17. The van der Waals surface area contributed by atoms with Crippen LogP contribution in [0.1, 0.15) is 6.92 Å². The second kappa shape index (κ2) is 5.97. The van der Waals surface area contributed by atoms with Gasteiger partial charge in [-0.1, -0.05) is 11.6 Å². The number of amides is 1. The molecule has 0 radical (unpaired) electrons. The Hall–Kier alpha value is -1.75. The highest BCUT2D eigenvalue weighted by Gasteiger charge is 2.04. The van der Waals surface area contributed by atoms with E-state index >= 15 is 0 Å². The number of hydrogen-bond donors (Lipinski definition) is 1. The summed E-state index contributed by atoms with van der Waals surface area (Å²) in [5.74, 6) is 0.138. The van der Waals surface area contributed by atoms with Gasteiger partial charge in [-0.3, -0.25) is 4.79 Å². The maximum absolute atomic E-state index is 10.9. The van der Waals surface area contributed by atoms with Gasteiger partial charge in [0, 0.05) is 12.6 Å². The van der Waals surface area contributed by atoms with Gasteiger partial charge < -0.3 is 14.8 Å². The predicted molar refractivity (Wildman–Crippen MR) is 58.6 cm³/mol. The van der Waals surface area contributed by atoms with Crippen LogP contribution in [0.3, 0.4) is 0 Å². The van der Waals surface area contributed by atoms with Crippen LogP contribution in [-0.2, 0) is 9.53 Å². The van der Waals surface area contributed by atoms with Crippen LogP contribution in [0, 0.1) is 0 Å². The molecule has 6 heteroatoms. The summed E-state index contributed by atoms with van der Waals surface area (Å²) in [5, 5.41) is 2.58. The third kappa shape index (κ3) is 4.18. The maximum atomic E-state index is 10.9. The van der Waals surface area contributed by atoms with Crippen LogP contribution in [0.25, 0.3) is 0 Å². The van der Waals surface area contributed by atoms with Crippen molar-refractivity contribution >= 4 is 29.4 Å². The van der Waals surface area contributed by atoms with E-state index < -0.39 is 6.16 Å². The van der Waals surface area contributed by atoms with Crippen LogP contribution < -0.4 is 10.1 Å². The Kier molecular flexibility index (Phi) is 4.60. The Balaban J connectivity index is 2.57. The second-order valence-electron chi connectivity index (χ2n) is 2.81. The Morgan fingerprint density at radius 2 is 1.94 bits per heavy atom. The number of ether oxygens (including phenoxy) is 2. The molecule has 1 rings (SSSR count). The lowest BCUT2D eigenvalue weighted by Gasteiger charge is -2.05. The van der Waals surface area contributed by atoms with Gasteiger partial charge in [-0.25, -0.2) is 4.79 Å². The molecule has 16 heavy (non-hydrogen) atoms. The van der Waals surface area contributed by atoms with E-state index in [0.29, 0.717) is 11.4 Å². The van der Waals surface area contributed by atoms with E-state index in [4.69, 9.17) is 16.3 Å². The molecule has 1 aromatic carbocycles. The highest BCUT2D eigenvalue weighted by molar-refractivity contribution is 6.17. The molecule has 0 bridgehead atoms. The molecular formula is C10H10ClNO4. The lowest BCUT2D eigenvalue weighted by molar-refractivity contribution is -0.114.